The molecule has 150 valence electrons. The van der Waals surface area contributed by atoms with Gasteiger partial charge in [0.15, 0.2) is 10.3 Å². The van der Waals surface area contributed by atoms with Crippen LogP contribution in [0.2, 0.25) is 0 Å². The number of aromatic amines is 1. The molecule has 0 bridgehead atoms. The lowest BCUT2D eigenvalue weighted by molar-refractivity contribution is -0.113. The number of thioether (sulfide) groups is 1. The van der Waals surface area contributed by atoms with E-state index in [1.165, 1.54) is 27.7 Å². The number of hydrogen-bond donors (Lipinski definition) is 2. The number of para-hydroxylation sites is 1. The normalized spacial score (nSPS) is 11.5. The van der Waals surface area contributed by atoms with E-state index in [0.717, 1.165) is 26.7 Å². The lowest BCUT2D eigenvalue weighted by atomic mass is 10.2. The largest absolute Gasteiger partial charge is 0.349 e. The Bertz CT molecular complexity index is 1500. The predicted octanol–water partition coefficient (Wildman–Crippen LogP) is 4.06. The number of nitrogens with zero attached hydrogens (tertiary/aromatic N) is 3. The zero-order valence-electron chi connectivity index (χ0n) is 16.2. The third-order valence-electron chi connectivity index (χ3n) is 4.81. The predicted molar refractivity (Wildman–Crippen MR) is 123 cm³/mol. The number of nitrogens with one attached hydrogen (secondary N) is 2. The molecule has 0 atom stereocenters. The Morgan fingerprint density at radius 3 is 2.93 bits per heavy atom. The molecule has 0 saturated carbocycles. The van der Waals surface area contributed by atoms with Gasteiger partial charge in [0.05, 0.1) is 16.0 Å². The van der Waals surface area contributed by atoms with Crippen molar-refractivity contribution >= 4 is 66.3 Å². The molecule has 2 aromatic carbocycles. The van der Waals surface area contributed by atoms with E-state index in [4.69, 9.17) is 0 Å². The molecule has 0 fully saturated rings. The number of amides is 1. The number of carbonyl (C=O) groups excluding carboxylic acids is 1. The molecule has 5 aromatic rings. The van der Waals surface area contributed by atoms with Crippen molar-refractivity contribution in [3.05, 3.63) is 58.4 Å². The quantitative estimate of drug-likeness (QED) is 0.328. The molecular weight excluding hydrogens is 418 g/mol. The van der Waals surface area contributed by atoms with Gasteiger partial charge in [-0.25, -0.2) is 9.97 Å². The van der Waals surface area contributed by atoms with E-state index >= 15 is 0 Å². The van der Waals surface area contributed by atoms with Crippen LogP contribution in [0.3, 0.4) is 0 Å². The van der Waals surface area contributed by atoms with Crippen molar-refractivity contribution in [1.29, 1.82) is 0 Å². The Hall–Kier alpha value is -3.17. The Balaban J connectivity index is 1.38. The molecule has 0 aliphatic rings. The van der Waals surface area contributed by atoms with Gasteiger partial charge in [-0.1, -0.05) is 47.4 Å². The summed E-state index contributed by atoms with van der Waals surface area (Å²) in [6, 6.07) is 13.7. The molecule has 2 N–H and O–H groups in total. The van der Waals surface area contributed by atoms with Crippen molar-refractivity contribution in [3.63, 3.8) is 0 Å². The zero-order valence-corrected chi connectivity index (χ0v) is 17.9. The van der Waals surface area contributed by atoms with Crippen LogP contribution in [-0.4, -0.2) is 31.2 Å². The van der Waals surface area contributed by atoms with Crippen molar-refractivity contribution in [3.8, 4) is 0 Å². The van der Waals surface area contributed by atoms with E-state index in [1.54, 1.807) is 7.05 Å². The van der Waals surface area contributed by atoms with Gasteiger partial charge in [-0.05, 0) is 30.7 Å². The van der Waals surface area contributed by atoms with E-state index in [2.05, 4.69) is 20.3 Å². The summed E-state index contributed by atoms with van der Waals surface area (Å²) < 4.78 is 2.50. The Labute approximate surface area is 179 Å². The van der Waals surface area contributed by atoms with E-state index in [9.17, 15) is 9.59 Å². The van der Waals surface area contributed by atoms with Gasteiger partial charge in [0, 0.05) is 18.0 Å². The number of fused-ring (bicyclic) bond motifs is 4. The lowest BCUT2D eigenvalue weighted by Crippen LogP contribution is -2.21. The summed E-state index contributed by atoms with van der Waals surface area (Å²) in [6.07, 6.45) is 0. The molecule has 3 aromatic heterocycles. The summed E-state index contributed by atoms with van der Waals surface area (Å²) >= 11 is 2.67. The minimum absolute atomic E-state index is 0.128. The van der Waals surface area contributed by atoms with E-state index in [-0.39, 0.29) is 17.2 Å². The number of benzene rings is 2. The lowest BCUT2D eigenvalue weighted by Gasteiger charge is -2.07. The molecule has 3 heterocycles. The first kappa shape index (κ1) is 18.8. The van der Waals surface area contributed by atoms with Gasteiger partial charge in [-0.3, -0.25) is 14.2 Å². The fourth-order valence-electron chi connectivity index (χ4n) is 3.32. The van der Waals surface area contributed by atoms with E-state index in [0.29, 0.717) is 21.3 Å². The van der Waals surface area contributed by atoms with Gasteiger partial charge in [0.25, 0.3) is 5.56 Å². The molecule has 1 amide bonds. The van der Waals surface area contributed by atoms with Crippen LogP contribution in [0.25, 0.3) is 32.2 Å². The SMILES string of the molecule is Cc1ccc2nc(NC(=O)CSc3nc4c([nH]c5ccccc54)c(=O)n3C)sc2c1. The molecule has 30 heavy (non-hydrogen) atoms. The molecule has 0 aliphatic heterocycles. The average Bonchev–Trinajstić information content (AvgIpc) is 3.30. The standard InChI is InChI=1S/C21H17N5O2S2/c1-11-7-8-14-15(9-11)30-20(23-14)24-16(27)10-29-21-25-17-12-5-3-4-6-13(12)22-18(17)19(28)26(21)2/h3-9,22H,10H2,1-2H3,(H,23,24,27). The number of aryl methyl sites for hydroxylation is 1. The van der Waals surface area contributed by atoms with Crippen LogP contribution in [0.1, 0.15) is 5.56 Å². The maximum absolute atomic E-state index is 12.8. The highest BCUT2D eigenvalue weighted by Crippen LogP contribution is 2.27. The summed E-state index contributed by atoms with van der Waals surface area (Å²) in [4.78, 5) is 37.5. The van der Waals surface area contributed by atoms with Crippen molar-refractivity contribution in [1.82, 2.24) is 19.5 Å². The van der Waals surface area contributed by atoms with Crippen LogP contribution >= 0.6 is 23.1 Å². The van der Waals surface area contributed by atoms with Crippen molar-refractivity contribution in [2.45, 2.75) is 12.1 Å². The van der Waals surface area contributed by atoms with Crippen LogP contribution < -0.4 is 10.9 Å². The molecular formula is C21H17N5O2S2. The maximum atomic E-state index is 12.8. The van der Waals surface area contributed by atoms with Crippen LogP contribution in [0.15, 0.2) is 52.4 Å². The van der Waals surface area contributed by atoms with Gasteiger partial charge in [0.2, 0.25) is 5.91 Å². The Morgan fingerprint density at radius 2 is 2.07 bits per heavy atom. The summed E-state index contributed by atoms with van der Waals surface area (Å²) in [6.45, 7) is 2.02. The molecule has 0 radical (unpaired) electrons. The van der Waals surface area contributed by atoms with E-state index < -0.39 is 0 Å². The second-order valence-electron chi connectivity index (χ2n) is 6.98. The number of thiazole rings is 1. The van der Waals surface area contributed by atoms with Crippen LogP contribution in [0, 0.1) is 6.92 Å². The fraction of sp³-hybridized carbons (Fsp3) is 0.143. The molecule has 7 nitrogen and oxygen atoms in total. The van der Waals surface area contributed by atoms with Gasteiger partial charge in [-0.2, -0.15) is 0 Å². The second-order valence-corrected chi connectivity index (χ2v) is 8.95. The summed E-state index contributed by atoms with van der Waals surface area (Å²) in [5.41, 5.74) is 3.81. The van der Waals surface area contributed by atoms with Gasteiger partial charge in [0.1, 0.15) is 11.0 Å². The first-order valence-corrected chi connectivity index (χ1v) is 11.1. The first-order chi connectivity index (χ1) is 14.5. The average molecular weight is 436 g/mol. The Morgan fingerprint density at radius 1 is 1.23 bits per heavy atom. The number of anilines is 1. The molecule has 9 heteroatoms. The number of rotatable bonds is 4. The molecule has 0 spiro atoms. The highest BCUT2D eigenvalue weighted by molar-refractivity contribution is 7.99. The number of hydrogen-bond acceptors (Lipinski definition) is 6. The Kier molecular flexibility index (Phi) is 4.56. The molecule has 0 unspecified atom stereocenters. The minimum atomic E-state index is -0.191. The van der Waals surface area contributed by atoms with Crippen molar-refractivity contribution in [2.24, 2.45) is 7.05 Å². The molecule has 0 aliphatic carbocycles. The third kappa shape index (κ3) is 3.25. The van der Waals surface area contributed by atoms with Crippen molar-refractivity contribution in [2.75, 3.05) is 11.1 Å². The number of carbonyl (C=O) groups is 1. The highest BCUT2D eigenvalue weighted by atomic mass is 32.2. The molecule has 5 rings (SSSR count). The topological polar surface area (TPSA) is 92.7 Å². The maximum Gasteiger partial charge on any atom is 0.278 e. The third-order valence-corrected chi connectivity index (χ3v) is 6.78. The van der Waals surface area contributed by atoms with Gasteiger partial charge in [-0.15, -0.1) is 0 Å². The highest BCUT2D eigenvalue weighted by Gasteiger charge is 2.15. The number of aromatic nitrogens is 4. The van der Waals surface area contributed by atoms with Crippen molar-refractivity contribution < 1.29 is 4.79 Å². The minimum Gasteiger partial charge on any atom is -0.349 e. The van der Waals surface area contributed by atoms with Crippen LogP contribution in [0.4, 0.5) is 5.13 Å². The summed E-state index contributed by atoms with van der Waals surface area (Å²) in [5.74, 6) is -0.0626. The van der Waals surface area contributed by atoms with Gasteiger partial charge >= 0.3 is 0 Å². The zero-order chi connectivity index (χ0) is 20.8. The summed E-state index contributed by atoms with van der Waals surface area (Å²) in [5, 5.41) is 4.79. The van der Waals surface area contributed by atoms with Crippen LogP contribution in [-0.2, 0) is 11.8 Å². The smallest absolute Gasteiger partial charge is 0.278 e. The van der Waals surface area contributed by atoms with E-state index in [1.807, 2.05) is 49.4 Å². The second kappa shape index (κ2) is 7.26. The first-order valence-electron chi connectivity index (χ1n) is 9.27. The monoisotopic (exact) mass is 435 g/mol. The molecule has 0 saturated heterocycles. The van der Waals surface area contributed by atoms with Gasteiger partial charge < -0.3 is 10.3 Å². The fourth-order valence-corrected chi connectivity index (χ4v) is 5.07. The summed E-state index contributed by atoms with van der Waals surface area (Å²) in [7, 11) is 1.66. The van der Waals surface area contributed by atoms with Crippen LogP contribution in [0.5, 0.6) is 0 Å². The number of H-pyrrole nitrogens is 1.